The van der Waals surface area contributed by atoms with Gasteiger partial charge in [0.2, 0.25) is 0 Å². The Morgan fingerprint density at radius 3 is 0.746 bits per heavy atom. The molecular formula is C33H13BF20N2O2S. The van der Waals surface area contributed by atoms with Crippen LogP contribution >= 0.6 is 0 Å². The third-order valence-electron chi connectivity index (χ3n) is 8.23. The maximum Gasteiger partial charge on any atom is 0.200 e. The summed E-state index contributed by atoms with van der Waals surface area (Å²) in [4.78, 5) is 0. The van der Waals surface area contributed by atoms with E-state index in [4.69, 9.17) is 20.7 Å². The van der Waals surface area contributed by atoms with Crippen LogP contribution in [0.4, 0.5) is 87.8 Å². The average Bonchev–Trinajstić information content (AvgIpc) is 3.21. The molecule has 0 aliphatic carbocycles. The second kappa shape index (κ2) is 18.6. The summed E-state index contributed by atoms with van der Waals surface area (Å²) in [5.74, 6) is -69.6. The molecule has 0 saturated carbocycles. The molecule has 59 heavy (non-hydrogen) atoms. The molecule has 0 aliphatic rings. The standard InChI is InChI=1S/C24BF20.C9H13N2O2S/c26-5-1(6(27)14(35)21(42)13(5)34)25(2-7(28)15(36)22(43)16(37)8(2)29,3-9(30)17(38)23(44)18(39)10(3)31)4-11(32)19(40)24(45)20(41)12(4)33;10-7-9(8-11)1-4-14(5-2-12)6-3-13/h;1,12-13H,2-6H2/q-1;+1. The molecule has 0 bridgehead atoms. The van der Waals surface area contributed by atoms with E-state index < -0.39 is 144 Å². The van der Waals surface area contributed by atoms with Gasteiger partial charge in [-0.1, -0.05) is 0 Å². The Kier molecular flexibility index (Phi) is 15.1. The van der Waals surface area contributed by atoms with E-state index in [-0.39, 0.29) is 29.7 Å². The minimum atomic E-state index is -7.22. The lowest BCUT2D eigenvalue weighted by atomic mass is 9.12. The summed E-state index contributed by atoms with van der Waals surface area (Å²) in [5.41, 5.74) is -14.2. The third-order valence-corrected chi connectivity index (χ3v) is 10.4. The molecule has 4 nitrogen and oxygen atoms in total. The van der Waals surface area contributed by atoms with Crippen LogP contribution in [0.1, 0.15) is 0 Å². The van der Waals surface area contributed by atoms with Crippen molar-refractivity contribution in [2.24, 2.45) is 0 Å². The topological polar surface area (TPSA) is 88.0 Å². The first kappa shape index (κ1) is 47.9. The Bertz CT molecular complexity index is 2050. The van der Waals surface area contributed by atoms with Gasteiger partial charge in [-0.3, -0.25) is 0 Å². The normalized spacial score (nSPS) is 11.3. The van der Waals surface area contributed by atoms with Crippen molar-refractivity contribution in [3.63, 3.8) is 0 Å². The van der Waals surface area contributed by atoms with Crippen LogP contribution in [0.3, 0.4) is 0 Å². The third kappa shape index (κ3) is 8.00. The van der Waals surface area contributed by atoms with Crippen LogP contribution in [0.2, 0.25) is 0 Å². The van der Waals surface area contributed by atoms with Gasteiger partial charge in [0, 0.05) is 0 Å². The number of halogens is 20. The van der Waals surface area contributed by atoms with E-state index in [0.717, 1.165) is 0 Å². The molecule has 316 valence electrons. The Morgan fingerprint density at radius 2 is 0.576 bits per heavy atom. The molecule has 0 amide bonds. The number of nitrogens with zero attached hydrogens (tertiary/aromatic N) is 2. The molecule has 0 aliphatic heterocycles. The number of benzene rings is 4. The lowest BCUT2D eigenvalue weighted by molar-refractivity contribution is 0.316. The average molecular weight is 892 g/mol. The molecule has 0 atom stereocenters. The van der Waals surface area contributed by atoms with Gasteiger partial charge in [-0.05, 0) is 17.0 Å². The highest BCUT2D eigenvalue weighted by Gasteiger charge is 2.52. The van der Waals surface area contributed by atoms with Crippen LogP contribution in [-0.2, 0) is 10.9 Å². The molecule has 4 rings (SSSR count). The summed E-state index contributed by atoms with van der Waals surface area (Å²) in [5, 5.41) is 34.4. The number of aliphatic hydroxyl groups is 2. The largest absolute Gasteiger partial charge is 0.391 e. The Hall–Kier alpha value is -5.47. The van der Waals surface area contributed by atoms with Crippen molar-refractivity contribution in [2.75, 3.05) is 30.5 Å². The molecular weight excluding hydrogens is 879 g/mol. The molecule has 4 aromatic rings. The van der Waals surface area contributed by atoms with Crippen LogP contribution in [0.5, 0.6) is 0 Å². The zero-order valence-corrected chi connectivity index (χ0v) is 28.8. The minimum absolute atomic E-state index is 0.0748. The number of hydrogen-bond acceptors (Lipinski definition) is 4. The summed E-state index contributed by atoms with van der Waals surface area (Å²) in [7, 11) is -0.127. The fraction of sp³-hybridized carbons (Fsp3) is 0.152. The number of allylic oxidation sites excluding steroid dienone is 1. The van der Waals surface area contributed by atoms with E-state index >= 15 is 35.1 Å². The fourth-order valence-corrected chi connectivity index (χ4v) is 7.17. The van der Waals surface area contributed by atoms with Crippen LogP contribution < -0.4 is 21.9 Å². The molecule has 0 heterocycles. The number of nitriles is 2. The van der Waals surface area contributed by atoms with Gasteiger partial charge in [-0.15, -0.1) is 21.9 Å². The van der Waals surface area contributed by atoms with Gasteiger partial charge in [0.1, 0.15) is 87.7 Å². The lowest BCUT2D eigenvalue weighted by Crippen LogP contribution is -2.81. The van der Waals surface area contributed by atoms with Crippen LogP contribution in [0.15, 0.2) is 11.6 Å². The molecule has 0 radical (unpaired) electrons. The van der Waals surface area contributed by atoms with Crippen molar-refractivity contribution in [2.45, 2.75) is 0 Å². The molecule has 0 spiro atoms. The van der Waals surface area contributed by atoms with E-state index in [1.807, 2.05) is 0 Å². The maximum atomic E-state index is 15.4. The molecule has 0 saturated heterocycles. The van der Waals surface area contributed by atoms with Crippen molar-refractivity contribution < 1.29 is 98.0 Å². The second-order valence-corrected chi connectivity index (χ2v) is 13.7. The predicted octanol–water partition coefficient (Wildman–Crippen LogP) is 5.41. The zero-order valence-electron chi connectivity index (χ0n) is 27.9. The SMILES string of the molecule is Fc1c(F)c(F)c([B-](c2c(F)c(F)c(F)c(F)c2F)(c2c(F)c(F)c(F)c(F)c2F)c2c(F)c(F)c(F)c(F)c2F)c(F)c1F.N#CC(C#N)=CC[S+](CCO)CCO. The monoisotopic (exact) mass is 892 g/mol. The fourth-order valence-electron chi connectivity index (χ4n) is 5.72. The highest BCUT2D eigenvalue weighted by Crippen LogP contribution is 2.30. The minimum Gasteiger partial charge on any atom is -0.391 e. The first-order chi connectivity index (χ1) is 27.5. The van der Waals surface area contributed by atoms with E-state index in [1.54, 1.807) is 18.2 Å². The Balaban J connectivity index is 0.000000567. The summed E-state index contributed by atoms with van der Waals surface area (Å²) in [6.45, 7) is 0.150. The maximum absolute atomic E-state index is 15.4. The van der Waals surface area contributed by atoms with E-state index in [0.29, 0.717) is 17.3 Å². The van der Waals surface area contributed by atoms with Crippen molar-refractivity contribution in [1.29, 1.82) is 10.5 Å². The van der Waals surface area contributed by atoms with E-state index in [1.165, 1.54) is 0 Å². The molecule has 0 aromatic heterocycles. The van der Waals surface area contributed by atoms with Crippen molar-refractivity contribution in [3.05, 3.63) is 128 Å². The van der Waals surface area contributed by atoms with Gasteiger partial charge in [-0.25, -0.2) is 87.8 Å². The number of aliphatic hydroxyl groups excluding tert-OH is 2. The second-order valence-electron chi connectivity index (χ2n) is 11.3. The quantitative estimate of drug-likeness (QED) is 0.0558. The summed E-state index contributed by atoms with van der Waals surface area (Å²) >= 11 is 0. The predicted molar refractivity (Wildman–Crippen MR) is 165 cm³/mol. The van der Waals surface area contributed by atoms with Gasteiger partial charge >= 0.3 is 0 Å². The van der Waals surface area contributed by atoms with Crippen molar-refractivity contribution in [3.8, 4) is 12.1 Å². The van der Waals surface area contributed by atoms with Crippen molar-refractivity contribution in [1.82, 2.24) is 0 Å². The highest BCUT2D eigenvalue weighted by molar-refractivity contribution is 7.97. The summed E-state index contributed by atoms with van der Waals surface area (Å²) in [6.07, 6.45) is -5.65. The lowest BCUT2D eigenvalue weighted by Gasteiger charge is -2.44. The molecule has 0 fully saturated rings. The Morgan fingerprint density at radius 1 is 0.390 bits per heavy atom. The van der Waals surface area contributed by atoms with Gasteiger partial charge < -0.3 is 10.2 Å². The van der Waals surface area contributed by atoms with Gasteiger partial charge in [0.25, 0.3) is 0 Å². The molecule has 0 unspecified atom stereocenters. The smallest absolute Gasteiger partial charge is 0.200 e. The van der Waals surface area contributed by atoms with Crippen LogP contribution in [-0.4, -0.2) is 46.8 Å². The van der Waals surface area contributed by atoms with Crippen LogP contribution in [0.25, 0.3) is 0 Å². The first-order valence-electron chi connectivity index (χ1n) is 15.1. The van der Waals surface area contributed by atoms with E-state index in [2.05, 4.69) is 0 Å². The molecule has 26 heteroatoms. The van der Waals surface area contributed by atoms with Gasteiger partial charge in [-0.2, -0.15) is 10.5 Å². The van der Waals surface area contributed by atoms with Gasteiger partial charge in [0.15, 0.2) is 69.8 Å². The van der Waals surface area contributed by atoms with Crippen LogP contribution in [0, 0.1) is 139 Å². The number of hydrogen-bond donors (Lipinski definition) is 2. The Labute approximate surface area is 318 Å². The van der Waals surface area contributed by atoms with Gasteiger partial charge in [0.05, 0.1) is 13.2 Å². The van der Waals surface area contributed by atoms with Crippen molar-refractivity contribution >= 4 is 38.9 Å². The summed E-state index contributed by atoms with van der Waals surface area (Å²) < 4.78 is 294. The highest BCUT2D eigenvalue weighted by atomic mass is 32.2. The first-order valence-corrected chi connectivity index (χ1v) is 16.8. The number of rotatable bonds is 10. The van der Waals surface area contributed by atoms with E-state index in [9.17, 15) is 52.7 Å². The molecule has 4 aromatic carbocycles. The summed E-state index contributed by atoms with van der Waals surface area (Å²) in [6, 6.07) is 3.54. The zero-order chi connectivity index (χ0) is 45.2. The molecule has 2 N–H and O–H groups in total.